The Balaban J connectivity index is 3.23. The summed E-state index contributed by atoms with van der Waals surface area (Å²) in [6, 6.07) is 4.04. The smallest absolute Gasteiger partial charge is 0.504 e. The molecule has 8 nitrogen and oxygen atoms in total. The van der Waals surface area contributed by atoms with Crippen LogP contribution in [-0.4, -0.2) is 41.3 Å². The molecule has 27 heavy (non-hydrogen) atoms. The summed E-state index contributed by atoms with van der Waals surface area (Å²) in [4.78, 5) is 24.6. The van der Waals surface area contributed by atoms with Gasteiger partial charge >= 0.3 is 12.1 Å². The lowest BCUT2D eigenvalue weighted by Gasteiger charge is -2.34. The molecule has 1 unspecified atom stereocenters. The van der Waals surface area contributed by atoms with Gasteiger partial charge in [-0.15, -0.1) is 0 Å². The Morgan fingerprint density at radius 1 is 1.15 bits per heavy atom. The Morgan fingerprint density at radius 3 is 2.30 bits per heavy atom. The number of hydrogen-bond acceptors (Lipinski definition) is 8. The molecule has 0 radical (unpaired) electrons. The summed E-state index contributed by atoms with van der Waals surface area (Å²) >= 11 is 0. The van der Waals surface area contributed by atoms with Gasteiger partial charge in [0.25, 0.3) is 5.72 Å². The van der Waals surface area contributed by atoms with Crippen molar-refractivity contribution in [2.45, 2.75) is 64.2 Å². The molecule has 4 N–H and O–H groups in total. The first kappa shape index (κ1) is 22.6. The second-order valence-corrected chi connectivity index (χ2v) is 6.44. The maximum absolute atomic E-state index is 12.4. The van der Waals surface area contributed by atoms with E-state index in [0.717, 1.165) is 13.5 Å². The minimum absolute atomic E-state index is 0.316. The standard InChI is InChI=1S/C19H29NO7/c1-5-7-12(3)26-18(24)27-19(20,17(23)25-4)14(8-6-2)13-9-10-15(21)16(22)11-13/h9-12,14,21-22H,5-8,20H2,1-4H3/t12-,14?,19+/m1/s1. The Bertz CT molecular complexity index is 649. The van der Waals surface area contributed by atoms with E-state index in [0.29, 0.717) is 24.8 Å². The van der Waals surface area contributed by atoms with Gasteiger partial charge in [0, 0.05) is 5.92 Å². The molecule has 1 aromatic rings. The SMILES string of the molecule is CCCC(c1ccc(O)c(O)c1)[C@](N)(OC(=O)O[C@H](C)CCC)C(=O)OC. The predicted molar refractivity (Wildman–Crippen MR) is 98.3 cm³/mol. The molecule has 0 aromatic heterocycles. The van der Waals surface area contributed by atoms with Crippen LogP contribution in [0.5, 0.6) is 11.5 Å². The average Bonchev–Trinajstić information content (AvgIpc) is 2.61. The number of phenols is 2. The Labute approximate surface area is 159 Å². The minimum Gasteiger partial charge on any atom is -0.504 e. The van der Waals surface area contributed by atoms with Crippen molar-refractivity contribution in [1.29, 1.82) is 0 Å². The Morgan fingerprint density at radius 2 is 1.78 bits per heavy atom. The van der Waals surface area contributed by atoms with Crippen LogP contribution >= 0.6 is 0 Å². The third-order valence-electron chi connectivity index (χ3n) is 4.25. The number of phenolic OH excluding ortho intramolecular Hbond substituents is 2. The molecule has 0 aliphatic carbocycles. The van der Waals surface area contributed by atoms with Crippen molar-refractivity contribution in [2.24, 2.45) is 5.73 Å². The molecule has 0 fully saturated rings. The molecule has 0 amide bonds. The highest BCUT2D eigenvalue weighted by Crippen LogP contribution is 2.37. The molecule has 0 aliphatic heterocycles. The van der Waals surface area contributed by atoms with Crippen molar-refractivity contribution in [3.05, 3.63) is 23.8 Å². The summed E-state index contributed by atoms with van der Waals surface area (Å²) in [5.74, 6) is -2.47. The fourth-order valence-electron chi connectivity index (χ4n) is 2.88. The number of aromatic hydroxyl groups is 2. The summed E-state index contributed by atoms with van der Waals surface area (Å²) in [5.41, 5.74) is 4.47. The quantitative estimate of drug-likeness (QED) is 0.337. The largest absolute Gasteiger partial charge is 0.510 e. The van der Waals surface area contributed by atoms with E-state index in [-0.39, 0.29) is 11.5 Å². The second kappa shape index (κ2) is 10.0. The van der Waals surface area contributed by atoms with Crippen LogP contribution in [0.3, 0.4) is 0 Å². The Hall–Kier alpha value is -2.48. The van der Waals surface area contributed by atoms with Crippen LogP contribution in [0.1, 0.15) is 57.9 Å². The summed E-state index contributed by atoms with van der Waals surface area (Å²) in [5, 5.41) is 19.3. The lowest BCUT2D eigenvalue weighted by Crippen LogP contribution is -2.57. The van der Waals surface area contributed by atoms with E-state index in [9.17, 15) is 19.8 Å². The summed E-state index contributed by atoms with van der Waals surface area (Å²) in [6.45, 7) is 5.52. The lowest BCUT2D eigenvalue weighted by atomic mass is 9.84. The van der Waals surface area contributed by atoms with Crippen LogP contribution in [0.2, 0.25) is 0 Å². The maximum Gasteiger partial charge on any atom is 0.510 e. The van der Waals surface area contributed by atoms with Gasteiger partial charge in [0.05, 0.1) is 7.11 Å². The number of carbonyl (C=O) groups is 2. The van der Waals surface area contributed by atoms with Crippen LogP contribution in [-0.2, 0) is 19.0 Å². The van der Waals surface area contributed by atoms with Crippen molar-refractivity contribution < 1.29 is 34.0 Å². The van der Waals surface area contributed by atoms with Crippen molar-refractivity contribution in [2.75, 3.05) is 7.11 Å². The van der Waals surface area contributed by atoms with Crippen LogP contribution in [0.15, 0.2) is 18.2 Å². The highest BCUT2D eigenvalue weighted by molar-refractivity contribution is 5.83. The molecule has 0 saturated carbocycles. The van der Waals surface area contributed by atoms with Crippen LogP contribution in [0.25, 0.3) is 0 Å². The van der Waals surface area contributed by atoms with Crippen LogP contribution < -0.4 is 5.73 Å². The molecule has 0 spiro atoms. The number of hydrogen-bond donors (Lipinski definition) is 3. The zero-order valence-corrected chi connectivity index (χ0v) is 16.2. The highest BCUT2D eigenvalue weighted by atomic mass is 16.7. The third-order valence-corrected chi connectivity index (χ3v) is 4.25. The summed E-state index contributed by atoms with van der Waals surface area (Å²) in [6.07, 6.45) is 0.930. The average molecular weight is 383 g/mol. The molecule has 0 heterocycles. The number of ether oxygens (including phenoxy) is 3. The molecule has 0 aliphatic rings. The monoisotopic (exact) mass is 383 g/mol. The van der Waals surface area contributed by atoms with Gasteiger partial charge in [-0.05, 0) is 37.5 Å². The number of benzene rings is 1. The lowest BCUT2D eigenvalue weighted by molar-refractivity contribution is -0.168. The van der Waals surface area contributed by atoms with Gasteiger partial charge in [0.1, 0.15) is 6.10 Å². The van der Waals surface area contributed by atoms with Crippen molar-refractivity contribution >= 4 is 12.1 Å². The van der Waals surface area contributed by atoms with Crippen LogP contribution in [0, 0.1) is 0 Å². The van der Waals surface area contributed by atoms with Crippen molar-refractivity contribution in [1.82, 2.24) is 0 Å². The number of nitrogens with two attached hydrogens (primary N) is 1. The van der Waals surface area contributed by atoms with Crippen molar-refractivity contribution in [3.63, 3.8) is 0 Å². The summed E-state index contributed by atoms with van der Waals surface area (Å²) in [7, 11) is 1.13. The van der Waals surface area contributed by atoms with Gasteiger partial charge in [-0.1, -0.05) is 32.8 Å². The molecule has 0 saturated heterocycles. The van der Waals surface area contributed by atoms with E-state index in [2.05, 4.69) is 0 Å². The second-order valence-electron chi connectivity index (χ2n) is 6.44. The fraction of sp³-hybridized carbons (Fsp3) is 0.579. The van der Waals surface area contributed by atoms with E-state index >= 15 is 0 Å². The van der Waals surface area contributed by atoms with Gasteiger partial charge in [0.15, 0.2) is 11.5 Å². The molecular formula is C19H29NO7. The van der Waals surface area contributed by atoms with E-state index < -0.39 is 29.9 Å². The van der Waals surface area contributed by atoms with E-state index in [4.69, 9.17) is 19.9 Å². The molecule has 1 rings (SSSR count). The van der Waals surface area contributed by atoms with E-state index in [1.807, 2.05) is 13.8 Å². The van der Waals surface area contributed by atoms with Gasteiger partial charge < -0.3 is 24.4 Å². The number of rotatable bonds is 9. The fourth-order valence-corrected chi connectivity index (χ4v) is 2.88. The maximum atomic E-state index is 12.4. The van der Waals surface area contributed by atoms with Crippen LogP contribution in [0.4, 0.5) is 4.79 Å². The number of esters is 1. The first-order chi connectivity index (χ1) is 12.7. The molecule has 152 valence electrons. The first-order valence-corrected chi connectivity index (χ1v) is 8.98. The molecule has 3 atom stereocenters. The molecular weight excluding hydrogens is 354 g/mol. The topological polar surface area (TPSA) is 128 Å². The Kier molecular flexibility index (Phi) is 8.36. The van der Waals surface area contributed by atoms with E-state index in [1.54, 1.807) is 6.92 Å². The minimum atomic E-state index is -2.16. The summed E-state index contributed by atoms with van der Waals surface area (Å²) < 4.78 is 15.2. The zero-order valence-electron chi connectivity index (χ0n) is 16.2. The van der Waals surface area contributed by atoms with Gasteiger partial charge in [-0.25, -0.2) is 9.59 Å². The van der Waals surface area contributed by atoms with Gasteiger partial charge in [-0.2, -0.15) is 0 Å². The van der Waals surface area contributed by atoms with Gasteiger partial charge in [0.2, 0.25) is 0 Å². The zero-order chi connectivity index (χ0) is 20.6. The normalized spacial score (nSPS) is 15.3. The number of methoxy groups -OCH3 is 1. The highest BCUT2D eigenvalue weighted by Gasteiger charge is 2.48. The number of carbonyl (C=O) groups excluding carboxylic acids is 2. The van der Waals surface area contributed by atoms with Gasteiger partial charge in [-0.3, -0.25) is 5.73 Å². The van der Waals surface area contributed by atoms with E-state index in [1.165, 1.54) is 18.2 Å². The third kappa shape index (κ3) is 5.75. The van der Waals surface area contributed by atoms with Crippen molar-refractivity contribution in [3.8, 4) is 11.5 Å². The predicted octanol–water partition coefficient (Wildman–Crippen LogP) is 3.15. The molecule has 1 aromatic carbocycles. The first-order valence-electron chi connectivity index (χ1n) is 8.98. The molecule has 8 heteroatoms. The molecule has 0 bridgehead atoms.